The lowest BCUT2D eigenvalue weighted by molar-refractivity contribution is -0.385. The molecule has 1 aliphatic carbocycles. The van der Waals surface area contributed by atoms with Gasteiger partial charge >= 0.3 is 5.69 Å². The third kappa shape index (κ3) is 3.24. The minimum Gasteiger partial charge on any atom is -0.490 e. The second kappa shape index (κ2) is 6.71. The fourth-order valence-electron chi connectivity index (χ4n) is 2.50. The maximum atomic E-state index is 14.3. The largest absolute Gasteiger partial charge is 0.490 e. The van der Waals surface area contributed by atoms with Gasteiger partial charge in [0.05, 0.1) is 23.8 Å². The number of nitrogens with zero attached hydrogens (tertiary/aromatic N) is 2. The Balaban J connectivity index is 2.36. The summed E-state index contributed by atoms with van der Waals surface area (Å²) in [7, 11) is 1.32. The first kappa shape index (κ1) is 15.5. The zero-order chi connectivity index (χ0) is 15.4. The van der Waals surface area contributed by atoms with Crippen molar-refractivity contribution in [1.29, 1.82) is 0 Å². The van der Waals surface area contributed by atoms with Crippen LogP contribution in [0.1, 0.15) is 25.7 Å². The highest BCUT2D eigenvalue weighted by Gasteiger charge is 2.29. The number of nitro benzene ring substituents is 1. The number of hydrogen-bond donors (Lipinski definition) is 1. The van der Waals surface area contributed by atoms with Crippen molar-refractivity contribution in [2.75, 3.05) is 25.2 Å². The van der Waals surface area contributed by atoms with Gasteiger partial charge in [-0.3, -0.25) is 10.1 Å². The van der Waals surface area contributed by atoms with Crippen molar-refractivity contribution in [3.8, 4) is 5.75 Å². The Morgan fingerprint density at radius 3 is 2.71 bits per heavy atom. The summed E-state index contributed by atoms with van der Waals surface area (Å²) >= 11 is 0. The molecule has 0 spiro atoms. The summed E-state index contributed by atoms with van der Waals surface area (Å²) in [6, 6.07) is 2.50. The molecule has 1 N–H and O–H groups in total. The van der Waals surface area contributed by atoms with E-state index in [1.54, 1.807) is 0 Å². The van der Waals surface area contributed by atoms with E-state index in [9.17, 15) is 14.5 Å². The number of aliphatic hydroxyl groups is 1. The van der Waals surface area contributed by atoms with E-state index in [1.165, 1.54) is 13.2 Å². The Morgan fingerprint density at radius 2 is 2.24 bits per heavy atom. The number of methoxy groups -OCH3 is 1. The molecule has 1 saturated carbocycles. The molecule has 0 bridgehead atoms. The third-order valence-corrected chi connectivity index (χ3v) is 3.83. The van der Waals surface area contributed by atoms with Crippen LogP contribution in [0, 0.1) is 15.9 Å². The molecular formula is C14H19FN2O4. The van der Waals surface area contributed by atoms with Crippen LogP contribution in [-0.4, -0.2) is 36.3 Å². The van der Waals surface area contributed by atoms with E-state index in [2.05, 4.69) is 0 Å². The van der Waals surface area contributed by atoms with Crippen molar-refractivity contribution in [2.45, 2.75) is 31.7 Å². The van der Waals surface area contributed by atoms with Gasteiger partial charge in [0.2, 0.25) is 0 Å². The minimum absolute atomic E-state index is 0.0228. The number of anilines is 1. The molecule has 0 heterocycles. The van der Waals surface area contributed by atoms with Crippen molar-refractivity contribution >= 4 is 11.4 Å². The zero-order valence-electron chi connectivity index (χ0n) is 11.9. The number of hydrogen-bond acceptors (Lipinski definition) is 5. The molecule has 116 valence electrons. The van der Waals surface area contributed by atoms with Crippen LogP contribution in [0.15, 0.2) is 12.1 Å². The smallest absolute Gasteiger partial charge is 0.313 e. The Morgan fingerprint density at radius 1 is 1.52 bits per heavy atom. The SMILES string of the molecule is COc1cc(N(CCCO)C2CCC2)c(F)cc1[N+](=O)[O-]. The predicted octanol–water partition coefficient (Wildman–Crippen LogP) is 2.48. The number of aliphatic hydroxyl groups excluding tert-OH is 1. The lowest BCUT2D eigenvalue weighted by Gasteiger charge is -2.39. The summed E-state index contributed by atoms with van der Waals surface area (Å²) in [6.07, 6.45) is 3.54. The highest BCUT2D eigenvalue weighted by molar-refractivity contribution is 5.61. The van der Waals surface area contributed by atoms with Gasteiger partial charge in [-0.2, -0.15) is 0 Å². The second-order valence-electron chi connectivity index (χ2n) is 5.09. The Hall–Kier alpha value is -1.89. The molecule has 1 aromatic rings. The Kier molecular flexibility index (Phi) is 4.95. The predicted molar refractivity (Wildman–Crippen MR) is 76.3 cm³/mol. The molecule has 0 amide bonds. The average molecular weight is 298 g/mol. The first-order chi connectivity index (χ1) is 10.1. The molecule has 0 saturated heterocycles. The molecule has 7 heteroatoms. The van der Waals surface area contributed by atoms with Crippen molar-refractivity contribution in [3.63, 3.8) is 0 Å². The van der Waals surface area contributed by atoms with E-state index in [1.807, 2.05) is 4.90 Å². The van der Waals surface area contributed by atoms with Gasteiger partial charge < -0.3 is 14.7 Å². The van der Waals surface area contributed by atoms with E-state index < -0.39 is 10.7 Å². The van der Waals surface area contributed by atoms with Crippen molar-refractivity contribution in [1.82, 2.24) is 0 Å². The van der Waals surface area contributed by atoms with Gasteiger partial charge in [0, 0.05) is 25.3 Å². The molecule has 0 unspecified atom stereocenters. The number of rotatable bonds is 7. The topological polar surface area (TPSA) is 75.8 Å². The van der Waals surface area contributed by atoms with Crippen LogP contribution in [0.4, 0.5) is 15.8 Å². The van der Waals surface area contributed by atoms with Crippen LogP contribution in [0.3, 0.4) is 0 Å². The van der Waals surface area contributed by atoms with Gasteiger partial charge in [-0.25, -0.2) is 4.39 Å². The summed E-state index contributed by atoms with van der Waals surface area (Å²) in [5, 5.41) is 19.9. The first-order valence-corrected chi connectivity index (χ1v) is 6.98. The molecule has 21 heavy (non-hydrogen) atoms. The van der Waals surface area contributed by atoms with Gasteiger partial charge in [0.25, 0.3) is 0 Å². The fraction of sp³-hybridized carbons (Fsp3) is 0.571. The number of halogens is 1. The zero-order valence-corrected chi connectivity index (χ0v) is 11.9. The molecule has 6 nitrogen and oxygen atoms in total. The number of benzene rings is 1. The molecule has 1 fully saturated rings. The molecule has 0 radical (unpaired) electrons. The standard InChI is InChI=1S/C14H19FN2O4/c1-21-14-9-12(11(15)8-13(14)17(19)20)16(6-3-7-18)10-4-2-5-10/h8-10,18H,2-7H2,1H3. The maximum Gasteiger partial charge on any atom is 0.313 e. The van der Waals surface area contributed by atoms with Crippen LogP contribution in [0.25, 0.3) is 0 Å². The van der Waals surface area contributed by atoms with Crippen LogP contribution in [-0.2, 0) is 0 Å². The van der Waals surface area contributed by atoms with Gasteiger partial charge in [-0.15, -0.1) is 0 Å². The first-order valence-electron chi connectivity index (χ1n) is 6.98. The van der Waals surface area contributed by atoms with E-state index in [0.717, 1.165) is 25.3 Å². The molecule has 0 aliphatic heterocycles. The summed E-state index contributed by atoms with van der Waals surface area (Å²) in [6.45, 7) is 0.536. The minimum atomic E-state index is -0.660. The van der Waals surface area contributed by atoms with Crippen LogP contribution in [0.2, 0.25) is 0 Å². The van der Waals surface area contributed by atoms with E-state index in [-0.39, 0.29) is 24.1 Å². The average Bonchev–Trinajstić information content (AvgIpc) is 2.41. The van der Waals surface area contributed by atoms with Crippen molar-refractivity contribution in [2.24, 2.45) is 0 Å². The normalized spacial score (nSPS) is 14.6. The van der Waals surface area contributed by atoms with Crippen molar-refractivity contribution in [3.05, 3.63) is 28.1 Å². The van der Waals surface area contributed by atoms with E-state index in [0.29, 0.717) is 18.7 Å². The molecular weight excluding hydrogens is 279 g/mol. The molecule has 1 aliphatic rings. The molecule has 1 aromatic carbocycles. The van der Waals surface area contributed by atoms with Crippen LogP contribution in [0.5, 0.6) is 5.75 Å². The van der Waals surface area contributed by atoms with E-state index in [4.69, 9.17) is 9.84 Å². The Bertz CT molecular complexity index is 520. The second-order valence-corrected chi connectivity index (χ2v) is 5.09. The Labute approximate surface area is 122 Å². The van der Waals surface area contributed by atoms with Gasteiger partial charge in [0.15, 0.2) is 11.6 Å². The molecule has 0 atom stereocenters. The number of nitro groups is 1. The molecule has 0 aromatic heterocycles. The maximum absolute atomic E-state index is 14.3. The highest BCUT2D eigenvalue weighted by atomic mass is 19.1. The quantitative estimate of drug-likeness (QED) is 0.618. The van der Waals surface area contributed by atoms with Gasteiger partial charge in [-0.1, -0.05) is 0 Å². The lowest BCUT2D eigenvalue weighted by Crippen LogP contribution is -2.41. The van der Waals surface area contributed by atoms with Crippen molar-refractivity contribution < 1.29 is 19.2 Å². The monoisotopic (exact) mass is 298 g/mol. The van der Waals surface area contributed by atoms with E-state index >= 15 is 0 Å². The van der Waals surface area contributed by atoms with Crippen LogP contribution >= 0.6 is 0 Å². The summed E-state index contributed by atoms with van der Waals surface area (Å²) in [4.78, 5) is 12.1. The van der Waals surface area contributed by atoms with Gasteiger partial charge in [-0.05, 0) is 25.7 Å². The van der Waals surface area contributed by atoms with Gasteiger partial charge in [0.1, 0.15) is 0 Å². The van der Waals surface area contributed by atoms with Crippen LogP contribution < -0.4 is 9.64 Å². The summed E-state index contributed by atoms with van der Waals surface area (Å²) < 4.78 is 19.3. The fourth-order valence-corrected chi connectivity index (χ4v) is 2.50. The lowest BCUT2D eigenvalue weighted by atomic mass is 9.90. The molecule has 2 rings (SSSR count). The summed E-state index contributed by atoms with van der Waals surface area (Å²) in [5.41, 5.74) is -0.0786. The summed E-state index contributed by atoms with van der Waals surface area (Å²) in [5.74, 6) is -0.586. The number of ether oxygens (including phenoxy) is 1. The highest BCUT2D eigenvalue weighted by Crippen LogP contribution is 2.37. The third-order valence-electron chi connectivity index (χ3n) is 3.83.